The Morgan fingerprint density at radius 1 is 0.920 bits per heavy atom. The molecule has 3 N–H and O–H groups in total. The van der Waals surface area contributed by atoms with Gasteiger partial charge in [-0.3, -0.25) is 0 Å². The Morgan fingerprint density at radius 2 is 1.52 bits per heavy atom. The minimum Gasteiger partial charge on any atom is -0.397 e. The van der Waals surface area contributed by atoms with Crippen molar-refractivity contribution in [3.63, 3.8) is 0 Å². The van der Waals surface area contributed by atoms with Crippen LogP contribution in [0.1, 0.15) is 69.2 Å². The molecule has 0 aliphatic rings. The Balaban J connectivity index is 2.68. The number of nitrogens with one attached hydrogen (secondary N) is 1. The summed E-state index contributed by atoms with van der Waals surface area (Å²) in [5, 5.41) is 3.61. The van der Waals surface area contributed by atoms with Crippen LogP contribution in [-0.4, -0.2) is 6.04 Å². The van der Waals surface area contributed by atoms with Crippen molar-refractivity contribution in [1.82, 2.24) is 5.32 Å². The molecule has 2 nitrogen and oxygen atoms in total. The summed E-state index contributed by atoms with van der Waals surface area (Å²) in [6.07, 6.45) is 2.09. The van der Waals surface area contributed by atoms with E-state index < -0.39 is 0 Å². The van der Waals surface area contributed by atoms with Gasteiger partial charge in [-0.2, -0.15) is 0 Å². The quantitative estimate of drug-likeness (QED) is 0.651. The number of nitrogens with two attached hydrogens (primary N) is 1. The molecule has 1 atom stereocenters. The summed E-state index contributed by atoms with van der Waals surface area (Å²) in [4.78, 5) is 0. The van der Waals surface area contributed by atoms with E-state index in [9.17, 15) is 0 Å². The van der Waals surface area contributed by atoms with Gasteiger partial charge in [0.25, 0.3) is 0 Å². The van der Waals surface area contributed by atoms with E-state index in [4.69, 9.17) is 5.73 Å². The lowest BCUT2D eigenvalue weighted by Crippen LogP contribution is -2.25. The number of benzene rings is 2. The van der Waals surface area contributed by atoms with E-state index >= 15 is 0 Å². The third-order valence-electron chi connectivity index (χ3n) is 4.76. The fraction of sp³-hybridized carbons (Fsp3) is 0.391. The smallest absolute Gasteiger partial charge is 0.0658 e. The van der Waals surface area contributed by atoms with E-state index in [1.165, 1.54) is 16.7 Å². The first-order valence-corrected chi connectivity index (χ1v) is 9.43. The maximum absolute atomic E-state index is 6.75. The van der Waals surface area contributed by atoms with E-state index in [1.807, 2.05) is 0 Å². The van der Waals surface area contributed by atoms with Crippen molar-refractivity contribution in [3.8, 4) is 0 Å². The molecule has 0 fully saturated rings. The van der Waals surface area contributed by atoms with Gasteiger partial charge in [0.05, 0.1) is 11.4 Å². The van der Waals surface area contributed by atoms with E-state index in [1.54, 1.807) is 0 Å². The van der Waals surface area contributed by atoms with Crippen LogP contribution in [0.3, 0.4) is 0 Å². The molecule has 2 rings (SSSR count). The SMILES string of the molecule is CCc1ccccc1/C(NC(C)C)=C(/N)c1ccccc1C(C)CC. The van der Waals surface area contributed by atoms with Gasteiger partial charge in [-0.15, -0.1) is 0 Å². The maximum atomic E-state index is 6.75. The molecule has 1 unspecified atom stereocenters. The van der Waals surface area contributed by atoms with Crippen LogP contribution in [-0.2, 0) is 6.42 Å². The van der Waals surface area contributed by atoms with Crippen LogP contribution in [0, 0.1) is 0 Å². The summed E-state index contributed by atoms with van der Waals surface area (Å²) >= 11 is 0. The molecule has 25 heavy (non-hydrogen) atoms. The maximum Gasteiger partial charge on any atom is 0.0658 e. The third-order valence-corrected chi connectivity index (χ3v) is 4.76. The first kappa shape index (κ1) is 19.1. The van der Waals surface area contributed by atoms with Gasteiger partial charge in [0.1, 0.15) is 0 Å². The molecule has 2 aromatic carbocycles. The van der Waals surface area contributed by atoms with Crippen LogP contribution >= 0.6 is 0 Å². The van der Waals surface area contributed by atoms with Gasteiger partial charge >= 0.3 is 0 Å². The minimum atomic E-state index is 0.314. The first-order valence-electron chi connectivity index (χ1n) is 9.43. The van der Waals surface area contributed by atoms with Crippen LogP contribution in [0.15, 0.2) is 48.5 Å². The van der Waals surface area contributed by atoms with Crippen LogP contribution < -0.4 is 11.1 Å². The van der Waals surface area contributed by atoms with E-state index in [0.717, 1.165) is 29.8 Å². The van der Waals surface area contributed by atoms with Crippen molar-refractivity contribution in [2.45, 2.75) is 59.4 Å². The monoisotopic (exact) mass is 336 g/mol. The van der Waals surface area contributed by atoms with Gasteiger partial charge in [-0.1, -0.05) is 69.3 Å². The Bertz CT molecular complexity index is 728. The largest absolute Gasteiger partial charge is 0.397 e. The van der Waals surface area contributed by atoms with E-state index in [0.29, 0.717) is 12.0 Å². The lowest BCUT2D eigenvalue weighted by Gasteiger charge is -2.22. The van der Waals surface area contributed by atoms with Crippen molar-refractivity contribution in [2.24, 2.45) is 5.73 Å². The number of hydrogen-bond acceptors (Lipinski definition) is 2. The Hall–Kier alpha value is -2.22. The molecule has 2 aromatic rings. The summed E-state index contributed by atoms with van der Waals surface area (Å²) in [5.41, 5.74) is 13.6. The van der Waals surface area contributed by atoms with Crippen molar-refractivity contribution < 1.29 is 0 Å². The van der Waals surface area contributed by atoms with Crippen molar-refractivity contribution >= 4 is 11.4 Å². The predicted molar refractivity (Wildman–Crippen MR) is 110 cm³/mol. The second kappa shape index (κ2) is 8.75. The van der Waals surface area contributed by atoms with E-state index in [2.05, 4.69) is 88.5 Å². The molecule has 0 radical (unpaired) electrons. The van der Waals surface area contributed by atoms with Gasteiger partial charge in [0.15, 0.2) is 0 Å². The molecule has 2 heteroatoms. The molecule has 0 aliphatic carbocycles. The molecular formula is C23H32N2. The summed E-state index contributed by atoms with van der Waals surface area (Å²) < 4.78 is 0. The van der Waals surface area contributed by atoms with Gasteiger partial charge in [-0.05, 0) is 43.7 Å². The predicted octanol–water partition coefficient (Wildman–Crippen LogP) is 5.55. The second-order valence-electron chi connectivity index (χ2n) is 6.99. The van der Waals surface area contributed by atoms with Crippen LogP contribution in [0.2, 0.25) is 0 Å². The zero-order valence-electron chi connectivity index (χ0n) is 16.3. The summed E-state index contributed by atoms with van der Waals surface area (Å²) in [5.74, 6) is 0.483. The molecule has 0 aliphatic heterocycles. The summed E-state index contributed by atoms with van der Waals surface area (Å²) in [6.45, 7) is 11.0. The zero-order chi connectivity index (χ0) is 18.4. The number of rotatable bonds is 7. The average Bonchev–Trinajstić information content (AvgIpc) is 2.64. The molecule has 134 valence electrons. The normalized spacial score (nSPS) is 13.5. The average molecular weight is 337 g/mol. The van der Waals surface area contributed by atoms with Crippen molar-refractivity contribution in [2.75, 3.05) is 0 Å². The lowest BCUT2D eigenvalue weighted by atomic mass is 9.90. The van der Waals surface area contributed by atoms with Gasteiger partial charge in [0.2, 0.25) is 0 Å². The van der Waals surface area contributed by atoms with Crippen LogP contribution in [0.25, 0.3) is 11.4 Å². The lowest BCUT2D eigenvalue weighted by molar-refractivity contribution is 0.715. The Morgan fingerprint density at radius 3 is 2.12 bits per heavy atom. The van der Waals surface area contributed by atoms with Crippen LogP contribution in [0.4, 0.5) is 0 Å². The van der Waals surface area contributed by atoms with Gasteiger partial charge in [-0.25, -0.2) is 0 Å². The number of aryl methyl sites for hydroxylation is 1. The standard InChI is InChI=1S/C23H32N2/c1-6-17(5)19-13-10-11-15-21(19)22(24)23(25-16(3)4)20-14-9-8-12-18(20)7-2/h8-17,25H,6-7,24H2,1-5H3/b23-22-. The highest BCUT2D eigenvalue weighted by molar-refractivity contribution is 5.90. The second-order valence-corrected chi connectivity index (χ2v) is 6.99. The zero-order valence-corrected chi connectivity index (χ0v) is 16.3. The molecule has 0 bridgehead atoms. The molecule has 0 saturated heterocycles. The Kier molecular flexibility index (Phi) is 6.69. The van der Waals surface area contributed by atoms with Gasteiger partial charge < -0.3 is 11.1 Å². The highest BCUT2D eigenvalue weighted by Crippen LogP contribution is 2.30. The van der Waals surface area contributed by atoms with Crippen LogP contribution in [0.5, 0.6) is 0 Å². The van der Waals surface area contributed by atoms with Crippen molar-refractivity contribution in [3.05, 3.63) is 70.8 Å². The van der Waals surface area contributed by atoms with E-state index in [-0.39, 0.29) is 0 Å². The fourth-order valence-electron chi connectivity index (χ4n) is 3.19. The molecule has 0 spiro atoms. The molecular weight excluding hydrogens is 304 g/mol. The topological polar surface area (TPSA) is 38.0 Å². The first-order chi connectivity index (χ1) is 12.0. The Labute approximate surface area is 153 Å². The highest BCUT2D eigenvalue weighted by Gasteiger charge is 2.17. The van der Waals surface area contributed by atoms with Crippen molar-refractivity contribution in [1.29, 1.82) is 0 Å². The van der Waals surface area contributed by atoms with Gasteiger partial charge in [0, 0.05) is 17.2 Å². The molecule has 0 amide bonds. The highest BCUT2D eigenvalue weighted by atomic mass is 14.9. The molecule has 0 saturated carbocycles. The minimum absolute atomic E-state index is 0.314. The third kappa shape index (κ3) is 4.45. The number of hydrogen-bond donors (Lipinski definition) is 2. The fourth-order valence-corrected chi connectivity index (χ4v) is 3.19. The molecule has 0 aromatic heterocycles. The summed E-state index contributed by atoms with van der Waals surface area (Å²) in [6, 6.07) is 17.4. The summed E-state index contributed by atoms with van der Waals surface area (Å²) in [7, 11) is 0. The molecule has 0 heterocycles.